The zero-order valence-electron chi connectivity index (χ0n) is 7.98. The van der Waals surface area contributed by atoms with Crippen LogP contribution < -0.4 is 0 Å². The second kappa shape index (κ2) is 3.86. The summed E-state index contributed by atoms with van der Waals surface area (Å²) < 4.78 is 6.47. The summed E-state index contributed by atoms with van der Waals surface area (Å²) in [5, 5.41) is 0.234. The molecule has 0 bridgehead atoms. The summed E-state index contributed by atoms with van der Waals surface area (Å²) in [6.07, 6.45) is 4.69. The van der Waals surface area contributed by atoms with Crippen molar-refractivity contribution in [1.82, 2.24) is 14.4 Å². The van der Waals surface area contributed by atoms with Crippen LogP contribution in [0, 0.1) is 0 Å². The van der Waals surface area contributed by atoms with Gasteiger partial charge in [0, 0.05) is 12.4 Å². The Morgan fingerprint density at radius 1 is 1.60 bits per heavy atom. The van der Waals surface area contributed by atoms with Crippen molar-refractivity contribution in [2.75, 3.05) is 6.61 Å². The molecule has 0 aliphatic rings. The van der Waals surface area contributed by atoms with E-state index in [0.29, 0.717) is 12.1 Å². The predicted octanol–water partition coefficient (Wildman–Crippen LogP) is 1.56. The van der Waals surface area contributed by atoms with Gasteiger partial charge in [0.2, 0.25) is 0 Å². The molecule has 0 unspecified atom stereocenters. The lowest BCUT2D eigenvalue weighted by Gasteiger charge is -1.99. The number of carbonyl (C=O) groups is 1. The molecule has 5 nitrogen and oxygen atoms in total. The summed E-state index contributed by atoms with van der Waals surface area (Å²) in [4.78, 5) is 19.3. The number of aromatic nitrogens is 3. The van der Waals surface area contributed by atoms with E-state index in [9.17, 15) is 4.79 Å². The van der Waals surface area contributed by atoms with E-state index in [0.717, 1.165) is 0 Å². The smallest absolute Gasteiger partial charge is 0.359 e. The number of esters is 1. The van der Waals surface area contributed by atoms with Crippen LogP contribution in [0.2, 0.25) is 5.15 Å². The number of halogens is 1. The van der Waals surface area contributed by atoms with E-state index in [1.165, 1.54) is 12.5 Å². The maximum atomic E-state index is 11.5. The van der Waals surface area contributed by atoms with Crippen LogP contribution >= 0.6 is 11.6 Å². The van der Waals surface area contributed by atoms with Crippen LogP contribution in [0.1, 0.15) is 17.4 Å². The van der Waals surface area contributed by atoms with Crippen LogP contribution in [0.25, 0.3) is 5.52 Å². The first kappa shape index (κ1) is 9.92. The van der Waals surface area contributed by atoms with E-state index < -0.39 is 5.97 Å². The topological polar surface area (TPSA) is 56.5 Å². The lowest BCUT2D eigenvalue weighted by molar-refractivity contribution is 0.0522. The summed E-state index contributed by atoms with van der Waals surface area (Å²) in [6, 6.07) is 0. The Morgan fingerprint density at radius 3 is 3.13 bits per heavy atom. The third kappa shape index (κ3) is 1.66. The molecule has 0 N–H and O–H groups in total. The summed E-state index contributed by atoms with van der Waals surface area (Å²) in [5.74, 6) is -0.491. The van der Waals surface area contributed by atoms with Gasteiger partial charge in [-0.2, -0.15) is 0 Å². The Bertz CT molecular complexity index is 509. The van der Waals surface area contributed by atoms with E-state index in [1.807, 2.05) is 0 Å². The van der Waals surface area contributed by atoms with Crippen molar-refractivity contribution in [2.24, 2.45) is 0 Å². The van der Waals surface area contributed by atoms with E-state index >= 15 is 0 Å². The Kier molecular flexibility index (Phi) is 2.55. The summed E-state index contributed by atoms with van der Waals surface area (Å²) in [5.41, 5.74) is 0.660. The monoisotopic (exact) mass is 225 g/mol. The predicted molar refractivity (Wildman–Crippen MR) is 54.0 cm³/mol. The van der Waals surface area contributed by atoms with Crippen LogP contribution in [-0.2, 0) is 4.74 Å². The van der Waals surface area contributed by atoms with Crippen molar-refractivity contribution in [1.29, 1.82) is 0 Å². The molecule has 0 spiro atoms. The van der Waals surface area contributed by atoms with Gasteiger partial charge in [-0.05, 0) is 6.92 Å². The molecule has 2 heterocycles. The van der Waals surface area contributed by atoms with E-state index in [2.05, 4.69) is 9.97 Å². The van der Waals surface area contributed by atoms with Crippen molar-refractivity contribution in [3.05, 3.63) is 29.6 Å². The maximum absolute atomic E-state index is 11.5. The van der Waals surface area contributed by atoms with Crippen LogP contribution in [0.5, 0.6) is 0 Å². The molecule has 0 aliphatic carbocycles. The van der Waals surface area contributed by atoms with Crippen LogP contribution in [0.3, 0.4) is 0 Å². The first-order valence-corrected chi connectivity index (χ1v) is 4.76. The van der Waals surface area contributed by atoms with Gasteiger partial charge in [-0.3, -0.25) is 0 Å². The molecule has 0 saturated carbocycles. The van der Waals surface area contributed by atoms with Crippen LogP contribution in [0.15, 0.2) is 18.7 Å². The zero-order chi connectivity index (χ0) is 10.8. The van der Waals surface area contributed by atoms with Crippen molar-refractivity contribution in [3.63, 3.8) is 0 Å². The first-order chi connectivity index (χ1) is 7.24. The molecule has 6 heteroatoms. The molecule has 2 rings (SSSR count). The molecule has 0 saturated heterocycles. The molecular formula is C9H8ClN3O2. The lowest BCUT2D eigenvalue weighted by atomic mass is 10.4. The molecule has 15 heavy (non-hydrogen) atoms. The Balaban J connectivity index is 2.57. The quantitative estimate of drug-likeness (QED) is 0.728. The third-order valence-corrected chi connectivity index (χ3v) is 2.15. The number of hydrogen-bond acceptors (Lipinski definition) is 4. The minimum absolute atomic E-state index is 0.190. The SMILES string of the molecule is CCOC(=O)c1ncn2ccnc(Cl)c12. The fourth-order valence-electron chi connectivity index (χ4n) is 1.26. The fourth-order valence-corrected chi connectivity index (χ4v) is 1.50. The molecule has 0 fully saturated rings. The molecule has 0 radical (unpaired) electrons. The largest absolute Gasteiger partial charge is 0.461 e. The van der Waals surface area contributed by atoms with E-state index in [4.69, 9.17) is 16.3 Å². The normalized spacial score (nSPS) is 10.5. The third-order valence-electron chi connectivity index (χ3n) is 1.87. The zero-order valence-corrected chi connectivity index (χ0v) is 8.73. The second-order valence-electron chi connectivity index (χ2n) is 2.79. The van der Waals surface area contributed by atoms with Crippen LogP contribution in [0.4, 0.5) is 0 Å². The highest BCUT2D eigenvalue weighted by Gasteiger charge is 2.16. The van der Waals surface area contributed by atoms with Crippen molar-refractivity contribution in [3.8, 4) is 0 Å². The summed E-state index contributed by atoms with van der Waals surface area (Å²) >= 11 is 5.87. The number of nitrogens with zero attached hydrogens (tertiary/aromatic N) is 3. The van der Waals surface area contributed by atoms with Crippen molar-refractivity contribution in [2.45, 2.75) is 6.92 Å². The molecule has 0 aromatic carbocycles. The van der Waals surface area contributed by atoms with E-state index in [-0.39, 0.29) is 10.8 Å². The highest BCUT2D eigenvalue weighted by atomic mass is 35.5. The summed E-state index contributed by atoms with van der Waals surface area (Å²) in [6.45, 7) is 2.03. The van der Waals surface area contributed by atoms with E-state index in [1.54, 1.807) is 17.5 Å². The van der Waals surface area contributed by atoms with Crippen molar-refractivity contribution >= 4 is 23.1 Å². The first-order valence-electron chi connectivity index (χ1n) is 4.38. The van der Waals surface area contributed by atoms with Gasteiger partial charge in [-0.1, -0.05) is 11.6 Å². The molecule has 0 aliphatic heterocycles. The van der Waals surface area contributed by atoms with Crippen molar-refractivity contribution < 1.29 is 9.53 Å². The molecule has 0 amide bonds. The Morgan fingerprint density at radius 2 is 2.40 bits per heavy atom. The van der Waals surface area contributed by atoms with Crippen LogP contribution in [-0.4, -0.2) is 26.9 Å². The minimum Gasteiger partial charge on any atom is -0.461 e. The van der Waals surface area contributed by atoms with Gasteiger partial charge in [0.05, 0.1) is 6.61 Å². The molecular weight excluding hydrogens is 218 g/mol. The second-order valence-corrected chi connectivity index (χ2v) is 3.15. The van der Waals surface area contributed by atoms with Gasteiger partial charge in [-0.25, -0.2) is 14.8 Å². The lowest BCUT2D eigenvalue weighted by Crippen LogP contribution is -2.06. The van der Waals surface area contributed by atoms with Gasteiger partial charge >= 0.3 is 5.97 Å². The standard InChI is InChI=1S/C9H8ClN3O2/c1-2-15-9(14)6-7-8(10)11-3-4-13(7)5-12-6/h3-5H,2H2,1H3. The average Bonchev–Trinajstić information content (AvgIpc) is 2.63. The van der Waals surface area contributed by atoms with Gasteiger partial charge in [0.25, 0.3) is 0 Å². The number of imidazole rings is 1. The summed E-state index contributed by atoms with van der Waals surface area (Å²) in [7, 11) is 0. The average molecular weight is 226 g/mol. The number of rotatable bonds is 2. The van der Waals surface area contributed by atoms with Gasteiger partial charge in [0.1, 0.15) is 11.8 Å². The minimum atomic E-state index is -0.491. The number of ether oxygens (including phenoxy) is 1. The Labute approximate surface area is 90.7 Å². The van der Waals surface area contributed by atoms with Gasteiger partial charge in [0.15, 0.2) is 10.8 Å². The fraction of sp³-hybridized carbons (Fsp3) is 0.222. The molecule has 2 aromatic rings. The molecule has 0 atom stereocenters. The highest BCUT2D eigenvalue weighted by Crippen LogP contribution is 2.18. The van der Waals surface area contributed by atoms with Gasteiger partial charge in [-0.15, -0.1) is 0 Å². The number of carbonyl (C=O) groups excluding carboxylic acids is 1. The molecule has 78 valence electrons. The maximum Gasteiger partial charge on any atom is 0.359 e. The number of hydrogen-bond donors (Lipinski definition) is 0. The highest BCUT2D eigenvalue weighted by molar-refractivity contribution is 6.33. The Hall–Kier alpha value is -1.62. The number of fused-ring (bicyclic) bond motifs is 1. The molecule has 2 aromatic heterocycles. The van der Waals surface area contributed by atoms with Gasteiger partial charge < -0.3 is 9.14 Å².